The lowest BCUT2D eigenvalue weighted by atomic mass is 9.98. The Labute approximate surface area is 166 Å². The summed E-state index contributed by atoms with van der Waals surface area (Å²) in [6.07, 6.45) is 0.735. The van der Waals surface area contributed by atoms with Crippen LogP contribution >= 0.6 is 0 Å². The minimum Gasteiger partial charge on any atom is -0.467 e. The molecule has 2 aromatic carbocycles. The Morgan fingerprint density at radius 2 is 1.54 bits per heavy atom. The Morgan fingerprint density at radius 3 is 2.07 bits per heavy atom. The van der Waals surface area contributed by atoms with Crippen molar-refractivity contribution in [3.63, 3.8) is 0 Å². The first-order valence-electron chi connectivity index (χ1n) is 9.70. The summed E-state index contributed by atoms with van der Waals surface area (Å²) < 4.78 is 10.3. The van der Waals surface area contributed by atoms with Crippen LogP contribution in [-0.2, 0) is 14.3 Å². The van der Waals surface area contributed by atoms with Crippen molar-refractivity contribution >= 4 is 12.1 Å². The number of carbonyl (C=O) groups excluding carboxylic acids is 2. The highest BCUT2D eigenvalue weighted by molar-refractivity contribution is 5.82. The van der Waals surface area contributed by atoms with Crippen LogP contribution in [0.1, 0.15) is 43.7 Å². The summed E-state index contributed by atoms with van der Waals surface area (Å²) in [5.74, 6) is -0.0315. The molecule has 5 nitrogen and oxygen atoms in total. The Morgan fingerprint density at radius 1 is 0.964 bits per heavy atom. The van der Waals surface area contributed by atoms with E-state index < -0.39 is 18.1 Å². The predicted molar refractivity (Wildman–Crippen MR) is 108 cm³/mol. The highest BCUT2D eigenvalue weighted by atomic mass is 16.6. The third kappa shape index (κ3) is 4.35. The second-order valence-electron chi connectivity index (χ2n) is 7.52. The summed E-state index contributed by atoms with van der Waals surface area (Å²) in [5.41, 5.74) is 4.66. The standard InChI is InChI=1S/C23H27NO4/c1-15(2)12-13-21(22(25)27-3)24-23(26)28-14-20-18-10-6-4-8-16(18)17-9-5-7-11-19(17)20/h4-11,15,20-21H,12-14H2,1-3H3,(H,24,26)/t21-/m0/s1. The lowest BCUT2D eigenvalue weighted by Crippen LogP contribution is -2.42. The number of esters is 1. The first-order chi connectivity index (χ1) is 13.5. The smallest absolute Gasteiger partial charge is 0.407 e. The van der Waals surface area contributed by atoms with Gasteiger partial charge in [0.25, 0.3) is 0 Å². The summed E-state index contributed by atoms with van der Waals surface area (Å²) in [4.78, 5) is 24.3. The first kappa shape index (κ1) is 19.9. The molecule has 0 heterocycles. The monoisotopic (exact) mass is 381 g/mol. The maximum Gasteiger partial charge on any atom is 0.407 e. The number of nitrogens with one attached hydrogen (secondary N) is 1. The van der Waals surface area contributed by atoms with Crippen LogP contribution in [0.2, 0.25) is 0 Å². The fourth-order valence-electron chi connectivity index (χ4n) is 3.67. The molecule has 3 rings (SSSR count). The van der Waals surface area contributed by atoms with Crippen LogP contribution in [0.5, 0.6) is 0 Å². The molecular formula is C23H27NO4. The molecule has 0 spiro atoms. The van der Waals surface area contributed by atoms with Gasteiger partial charge < -0.3 is 14.8 Å². The number of benzene rings is 2. The maximum absolute atomic E-state index is 12.4. The quantitative estimate of drug-likeness (QED) is 0.717. The number of amides is 1. The molecule has 2 aromatic rings. The summed E-state index contributed by atoms with van der Waals surface area (Å²) in [5, 5.41) is 2.66. The molecule has 0 aliphatic heterocycles. The highest BCUT2D eigenvalue weighted by Gasteiger charge is 2.29. The van der Waals surface area contributed by atoms with Gasteiger partial charge in [-0.2, -0.15) is 0 Å². The van der Waals surface area contributed by atoms with Crippen molar-refractivity contribution in [2.24, 2.45) is 5.92 Å². The van der Waals surface area contributed by atoms with E-state index in [2.05, 4.69) is 43.4 Å². The third-order valence-corrected chi connectivity index (χ3v) is 5.15. The molecule has 1 amide bonds. The second kappa shape index (κ2) is 8.91. The number of fused-ring (bicyclic) bond motifs is 3. The van der Waals surface area contributed by atoms with E-state index in [4.69, 9.17) is 9.47 Å². The molecule has 1 aliphatic rings. The number of hydrogen-bond acceptors (Lipinski definition) is 4. The Balaban J connectivity index is 1.66. The average Bonchev–Trinajstić information content (AvgIpc) is 3.02. The fraction of sp³-hybridized carbons (Fsp3) is 0.391. The fourth-order valence-corrected chi connectivity index (χ4v) is 3.67. The van der Waals surface area contributed by atoms with Crippen molar-refractivity contribution in [2.75, 3.05) is 13.7 Å². The van der Waals surface area contributed by atoms with Crippen LogP contribution in [0.15, 0.2) is 48.5 Å². The molecular weight excluding hydrogens is 354 g/mol. The average molecular weight is 381 g/mol. The number of ether oxygens (including phenoxy) is 2. The highest BCUT2D eigenvalue weighted by Crippen LogP contribution is 2.44. The van der Waals surface area contributed by atoms with Gasteiger partial charge in [-0.05, 0) is 41.0 Å². The second-order valence-corrected chi connectivity index (χ2v) is 7.52. The van der Waals surface area contributed by atoms with E-state index >= 15 is 0 Å². The summed E-state index contributed by atoms with van der Waals surface area (Å²) in [6, 6.07) is 15.7. The van der Waals surface area contributed by atoms with Crippen LogP contribution in [0.25, 0.3) is 11.1 Å². The minimum absolute atomic E-state index is 0.00890. The van der Waals surface area contributed by atoms with Crippen LogP contribution < -0.4 is 5.32 Å². The van der Waals surface area contributed by atoms with E-state index in [-0.39, 0.29) is 12.5 Å². The van der Waals surface area contributed by atoms with Gasteiger partial charge in [-0.1, -0.05) is 62.4 Å². The molecule has 148 valence electrons. The van der Waals surface area contributed by atoms with Crippen LogP contribution in [-0.4, -0.2) is 31.8 Å². The van der Waals surface area contributed by atoms with Crippen molar-refractivity contribution in [2.45, 2.75) is 38.6 Å². The van der Waals surface area contributed by atoms with Crippen LogP contribution in [0.3, 0.4) is 0 Å². The van der Waals surface area contributed by atoms with Crippen molar-refractivity contribution < 1.29 is 19.1 Å². The lowest BCUT2D eigenvalue weighted by molar-refractivity contribution is -0.143. The molecule has 0 saturated carbocycles. The number of alkyl carbamates (subject to hydrolysis) is 1. The van der Waals surface area contributed by atoms with Crippen LogP contribution in [0.4, 0.5) is 4.79 Å². The van der Waals surface area contributed by atoms with Crippen LogP contribution in [0, 0.1) is 5.92 Å². The molecule has 0 bridgehead atoms. The van der Waals surface area contributed by atoms with Gasteiger partial charge in [0.1, 0.15) is 12.6 Å². The molecule has 1 atom stereocenters. The van der Waals surface area contributed by atoms with Gasteiger partial charge in [0.2, 0.25) is 0 Å². The number of carbonyl (C=O) groups is 2. The zero-order valence-electron chi connectivity index (χ0n) is 16.6. The Hall–Kier alpha value is -2.82. The van der Waals surface area contributed by atoms with Gasteiger partial charge in [0, 0.05) is 5.92 Å². The summed E-state index contributed by atoms with van der Waals surface area (Å²) in [7, 11) is 1.32. The molecule has 28 heavy (non-hydrogen) atoms. The van der Waals surface area contributed by atoms with E-state index in [0.29, 0.717) is 12.3 Å². The molecule has 0 unspecified atom stereocenters. The number of rotatable bonds is 7. The van der Waals surface area contributed by atoms with Gasteiger partial charge in [0.05, 0.1) is 7.11 Å². The maximum atomic E-state index is 12.4. The van der Waals surface area contributed by atoms with E-state index in [1.165, 1.54) is 18.2 Å². The predicted octanol–water partition coefficient (Wildman–Crippen LogP) is 4.50. The van der Waals surface area contributed by atoms with Gasteiger partial charge >= 0.3 is 12.1 Å². The molecule has 0 aromatic heterocycles. The van der Waals surface area contributed by atoms with E-state index in [0.717, 1.165) is 17.5 Å². The Kier molecular flexibility index (Phi) is 6.34. The molecule has 0 radical (unpaired) electrons. The number of methoxy groups -OCH3 is 1. The normalized spacial score (nSPS) is 13.6. The molecule has 0 fully saturated rings. The summed E-state index contributed by atoms with van der Waals surface area (Å²) in [6.45, 7) is 4.36. The lowest BCUT2D eigenvalue weighted by Gasteiger charge is -2.19. The topological polar surface area (TPSA) is 64.6 Å². The van der Waals surface area contributed by atoms with E-state index in [9.17, 15) is 9.59 Å². The van der Waals surface area contributed by atoms with Crippen molar-refractivity contribution in [3.8, 4) is 11.1 Å². The first-order valence-corrected chi connectivity index (χ1v) is 9.70. The largest absolute Gasteiger partial charge is 0.467 e. The Bertz CT molecular complexity index is 801. The van der Waals surface area contributed by atoms with Gasteiger partial charge in [-0.25, -0.2) is 9.59 Å². The van der Waals surface area contributed by atoms with Gasteiger partial charge in [-0.15, -0.1) is 0 Å². The van der Waals surface area contributed by atoms with Gasteiger partial charge in [-0.3, -0.25) is 0 Å². The van der Waals surface area contributed by atoms with Crippen molar-refractivity contribution in [1.29, 1.82) is 0 Å². The SMILES string of the molecule is COC(=O)[C@H](CCC(C)C)NC(=O)OCC1c2ccccc2-c2ccccc21. The van der Waals surface area contributed by atoms with E-state index in [1.54, 1.807) is 0 Å². The summed E-state index contributed by atoms with van der Waals surface area (Å²) >= 11 is 0. The van der Waals surface area contributed by atoms with Crippen molar-refractivity contribution in [1.82, 2.24) is 5.32 Å². The van der Waals surface area contributed by atoms with Crippen molar-refractivity contribution in [3.05, 3.63) is 59.7 Å². The third-order valence-electron chi connectivity index (χ3n) is 5.15. The van der Waals surface area contributed by atoms with E-state index in [1.807, 2.05) is 24.3 Å². The molecule has 1 N–H and O–H groups in total. The molecule has 5 heteroatoms. The number of hydrogen-bond donors (Lipinski definition) is 1. The van der Waals surface area contributed by atoms with Gasteiger partial charge in [0.15, 0.2) is 0 Å². The zero-order chi connectivity index (χ0) is 20.1. The zero-order valence-corrected chi connectivity index (χ0v) is 16.6. The molecule has 1 aliphatic carbocycles. The minimum atomic E-state index is -0.692. The molecule has 0 saturated heterocycles.